The number of hydrogen-bond donors (Lipinski definition) is 2. The Labute approximate surface area is 282 Å². The molecular weight excluding hydrogens is 669 g/mol. The lowest BCUT2D eigenvalue weighted by molar-refractivity contribution is -0.199. The molecule has 50 heavy (non-hydrogen) atoms. The minimum Gasteiger partial charge on any atom is -0.497 e. The molecule has 1 aliphatic rings. The highest BCUT2D eigenvalue weighted by molar-refractivity contribution is 6.07. The molecule has 17 heteroatoms. The summed E-state index contributed by atoms with van der Waals surface area (Å²) < 4.78 is 75.0. The first kappa shape index (κ1) is 35.5. The molecule has 0 atom stereocenters. The number of aromatic nitrogens is 2. The number of urea groups is 1. The topological polar surface area (TPSA) is 129 Å². The molecule has 0 saturated heterocycles. The SMILES string of the molecule is COc1ccc(N(OC(=O)C(F)(F)F)C(=O)c2ccc(C)c(-c3nc(NCCN(C)C)nc4c3CNC(=O)N4c3c(F)cccc3F)c2)cc1. The van der Waals surface area contributed by atoms with Crippen LogP contribution in [0, 0.1) is 18.6 Å². The lowest BCUT2D eigenvalue weighted by atomic mass is 9.97. The van der Waals surface area contributed by atoms with Crippen molar-refractivity contribution < 1.29 is 45.9 Å². The van der Waals surface area contributed by atoms with Crippen LogP contribution in [0.25, 0.3) is 11.3 Å². The number of nitrogens with one attached hydrogen (secondary N) is 2. The molecule has 0 saturated carbocycles. The van der Waals surface area contributed by atoms with Crippen LogP contribution in [0.15, 0.2) is 60.7 Å². The van der Waals surface area contributed by atoms with Gasteiger partial charge >= 0.3 is 18.2 Å². The predicted octanol–water partition coefficient (Wildman–Crippen LogP) is 5.74. The van der Waals surface area contributed by atoms with E-state index in [1.54, 1.807) is 6.92 Å². The van der Waals surface area contributed by atoms with Crippen LogP contribution in [0.5, 0.6) is 5.75 Å². The zero-order chi connectivity index (χ0) is 36.3. The second kappa shape index (κ2) is 14.3. The number of para-hydroxylation sites is 1. The van der Waals surface area contributed by atoms with E-state index in [-0.39, 0.29) is 51.4 Å². The summed E-state index contributed by atoms with van der Waals surface area (Å²) in [6.07, 6.45) is -5.42. The second-order valence-electron chi connectivity index (χ2n) is 11.2. The molecule has 0 spiro atoms. The number of anilines is 4. The maximum Gasteiger partial charge on any atom is 0.493 e. The number of amides is 3. The Bertz CT molecular complexity index is 1920. The number of alkyl halides is 3. The van der Waals surface area contributed by atoms with Crippen molar-refractivity contribution in [2.45, 2.75) is 19.6 Å². The molecule has 1 aliphatic heterocycles. The van der Waals surface area contributed by atoms with Crippen molar-refractivity contribution in [3.8, 4) is 17.0 Å². The fourth-order valence-electron chi connectivity index (χ4n) is 4.95. The van der Waals surface area contributed by atoms with Gasteiger partial charge in [0.25, 0.3) is 5.91 Å². The first-order valence-corrected chi connectivity index (χ1v) is 14.9. The lowest BCUT2D eigenvalue weighted by Gasteiger charge is -2.31. The van der Waals surface area contributed by atoms with Gasteiger partial charge in [-0.2, -0.15) is 18.2 Å². The highest BCUT2D eigenvalue weighted by Gasteiger charge is 2.44. The van der Waals surface area contributed by atoms with Crippen LogP contribution in [-0.2, 0) is 16.2 Å². The number of ether oxygens (including phenoxy) is 1. The summed E-state index contributed by atoms with van der Waals surface area (Å²) in [4.78, 5) is 55.2. The van der Waals surface area contributed by atoms with Crippen LogP contribution < -0.4 is 25.3 Å². The van der Waals surface area contributed by atoms with Gasteiger partial charge in [-0.3, -0.25) is 4.79 Å². The first-order chi connectivity index (χ1) is 23.7. The summed E-state index contributed by atoms with van der Waals surface area (Å²) in [7, 11) is 5.03. The van der Waals surface area contributed by atoms with E-state index in [4.69, 9.17) is 4.74 Å². The Kier molecular flexibility index (Phi) is 10.2. The van der Waals surface area contributed by atoms with E-state index in [2.05, 4.69) is 25.4 Å². The Hall–Kier alpha value is -5.84. The van der Waals surface area contributed by atoms with E-state index in [1.807, 2.05) is 19.0 Å². The van der Waals surface area contributed by atoms with Gasteiger partial charge in [0.15, 0.2) is 5.82 Å². The highest BCUT2D eigenvalue weighted by Crippen LogP contribution is 2.39. The summed E-state index contributed by atoms with van der Waals surface area (Å²) in [5.41, 5.74) is 0.0122. The van der Waals surface area contributed by atoms with Gasteiger partial charge in [0, 0.05) is 29.8 Å². The number of aryl methyl sites for hydroxylation is 1. The molecule has 0 aliphatic carbocycles. The van der Waals surface area contributed by atoms with Gasteiger partial charge in [-0.05, 0) is 75.1 Å². The fraction of sp³-hybridized carbons (Fsp3) is 0.242. The number of benzene rings is 3. The molecule has 3 amide bonds. The standard InChI is InChI=1S/C33H30F5N7O5/c1-18-8-9-19(29(46)45(50-30(47)33(36,37)38)20-10-12-21(49-4)13-11-20)16-22(18)26-23-17-40-32(48)44(27-24(34)6-5-7-25(27)35)28(23)42-31(41-26)39-14-15-43(2)3/h5-13,16H,14-15,17H2,1-4H3,(H,40,48)(H,39,41,42). The molecule has 2 heterocycles. The van der Waals surface area contributed by atoms with Crippen LogP contribution >= 0.6 is 0 Å². The third-order valence-electron chi connectivity index (χ3n) is 7.46. The molecule has 4 aromatic rings. The van der Waals surface area contributed by atoms with E-state index >= 15 is 8.78 Å². The van der Waals surface area contributed by atoms with Gasteiger partial charge in [0.1, 0.15) is 23.1 Å². The van der Waals surface area contributed by atoms with Gasteiger partial charge in [-0.1, -0.05) is 12.1 Å². The Morgan fingerprint density at radius 1 is 1.02 bits per heavy atom. The summed E-state index contributed by atoms with van der Waals surface area (Å²) in [5, 5.41) is 5.81. The average Bonchev–Trinajstić information content (AvgIpc) is 3.07. The lowest BCUT2D eigenvalue weighted by Crippen LogP contribution is -2.43. The van der Waals surface area contributed by atoms with Crippen LogP contribution in [0.3, 0.4) is 0 Å². The zero-order valence-electron chi connectivity index (χ0n) is 27.1. The largest absolute Gasteiger partial charge is 0.497 e. The molecule has 0 fully saturated rings. The van der Waals surface area contributed by atoms with Crippen molar-refractivity contribution in [3.05, 3.63) is 89.0 Å². The number of rotatable bonds is 9. The Balaban J connectivity index is 1.66. The molecule has 0 bridgehead atoms. The predicted molar refractivity (Wildman–Crippen MR) is 172 cm³/mol. The molecule has 5 rings (SSSR count). The first-order valence-electron chi connectivity index (χ1n) is 14.9. The molecule has 2 N–H and O–H groups in total. The molecule has 0 radical (unpaired) electrons. The molecule has 12 nitrogen and oxygen atoms in total. The Morgan fingerprint density at radius 2 is 1.70 bits per heavy atom. The van der Waals surface area contributed by atoms with Gasteiger partial charge in [-0.15, -0.1) is 5.06 Å². The minimum absolute atomic E-state index is 0.0212. The van der Waals surface area contributed by atoms with Crippen molar-refractivity contribution in [1.82, 2.24) is 20.2 Å². The normalized spacial score (nSPS) is 12.7. The van der Waals surface area contributed by atoms with E-state index in [1.165, 1.54) is 49.6 Å². The number of halogens is 5. The number of likely N-dealkylation sites (N-methyl/N-ethyl adjacent to an activating group) is 1. The number of hydroxylamine groups is 1. The second-order valence-corrected chi connectivity index (χ2v) is 11.2. The third-order valence-corrected chi connectivity index (χ3v) is 7.46. The average molecular weight is 700 g/mol. The molecule has 0 unspecified atom stereocenters. The molecule has 1 aromatic heterocycles. The molecule has 3 aromatic carbocycles. The Morgan fingerprint density at radius 3 is 2.32 bits per heavy atom. The van der Waals surface area contributed by atoms with Crippen LogP contribution in [0.1, 0.15) is 21.5 Å². The maximum absolute atomic E-state index is 15.1. The highest BCUT2D eigenvalue weighted by atomic mass is 19.4. The number of fused-ring (bicyclic) bond motifs is 1. The number of methoxy groups -OCH3 is 1. The number of carbonyl (C=O) groups excluding carboxylic acids is 3. The van der Waals surface area contributed by atoms with Crippen molar-refractivity contribution >= 4 is 41.0 Å². The van der Waals surface area contributed by atoms with Crippen molar-refractivity contribution in [1.29, 1.82) is 0 Å². The van der Waals surface area contributed by atoms with E-state index in [0.717, 1.165) is 23.1 Å². The van der Waals surface area contributed by atoms with Crippen LogP contribution in [-0.4, -0.2) is 73.2 Å². The van der Waals surface area contributed by atoms with Crippen molar-refractivity contribution in [2.24, 2.45) is 0 Å². The number of carbonyl (C=O) groups is 3. The van der Waals surface area contributed by atoms with Gasteiger partial charge < -0.3 is 25.1 Å². The molecular formula is C33H30F5N7O5. The third kappa shape index (κ3) is 7.41. The smallest absolute Gasteiger partial charge is 0.493 e. The van der Waals surface area contributed by atoms with E-state index in [9.17, 15) is 27.6 Å². The van der Waals surface area contributed by atoms with Gasteiger partial charge in [0.05, 0.1) is 25.0 Å². The zero-order valence-corrected chi connectivity index (χ0v) is 27.1. The summed E-state index contributed by atoms with van der Waals surface area (Å²) in [6.45, 7) is 2.33. The van der Waals surface area contributed by atoms with Crippen molar-refractivity contribution in [2.75, 3.05) is 49.6 Å². The van der Waals surface area contributed by atoms with E-state index in [0.29, 0.717) is 24.4 Å². The van der Waals surface area contributed by atoms with Crippen LogP contribution in [0.2, 0.25) is 0 Å². The summed E-state index contributed by atoms with van der Waals surface area (Å²) in [5.74, 6) is -5.71. The number of nitrogens with zero attached hydrogens (tertiary/aromatic N) is 5. The maximum atomic E-state index is 15.1. The van der Waals surface area contributed by atoms with Crippen molar-refractivity contribution in [3.63, 3.8) is 0 Å². The van der Waals surface area contributed by atoms with E-state index < -0.39 is 41.4 Å². The fourth-order valence-corrected chi connectivity index (χ4v) is 4.95. The van der Waals surface area contributed by atoms with Gasteiger partial charge in [0.2, 0.25) is 5.95 Å². The van der Waals surface area contributed by atoms with Crippen LogP contribution in [0.4, 0.5) is 49.9 Å². The molecule has 262 valence electrons. The summed E-state index contributed by atoms with van der Waals surface area (Å²) >= 11 is 0. The monoisotopic (exact) mass is 699 g/mol. The van der Waals surface area contributed by atoms with Gasteiger partial charge in [-0.25, -0.2) is 28.3 Å². The minimum atomic E-state index is -5.42. The number of hydrogen-bond acceptors (Lipinski definition) is 9. The quantitative estimate of drug-likeness (QED) is 0.166. The summed E-state index contributed by atoms with van der Waals surface area (Å²) in [6, 6.07) is 11.5.